The molecule has 0 saturated carbocycles. The van der Waals surface area contributed by atoms with Crippen LogP contribution in [0.15, 0.2) is 12.4 Å². The zero-order valence-corrected chi connectivity index (χ0v) is 9.05. The van der Waals surface area contributed by atoms with Crippen LogP contribution < -0.4 is 0 Å². The van der Waals surface area contributed by atoms with E-state index in [9.17, 15) is 0 Å². The molecule has 15 heavy (non-hydrogen) atoms. The number of nitriles is 1. The first-order valence-electron chi connectivity index (χ1n) is 5.27. The second kappa shape index (κ2) is 4.03. The highest BCUT2D eigenvalue weighted by Crippen LogP contribution is 2.33. The van der Waals surface area contributed by atoms with E-state index in [-0.39, 0.29) is 12.0 Å². The Bertz CT molecular complexity index is 377. The largest absolute Gasteiger partial charge is 0.372 e. The van der Waals surface area contributed by atoms with Gasteiger partial charge < -0.3 is 4.74 Å². The van der Waals surface area contributed by atoms with Crippen molar-refractivity contribution in [3.63, 3.8) is 0 Å². The topological polar surface area (TPSA) is 50.8 Å². The van der Waals surface area contributed by atoms with E-state index >= 15 is 0 Å². The highest BCUT2D eigenvalue weighted by Gasteiger charge is 2.30. The molecule has 4 nitrogen and oxygen atoms in total. The summed E-state index contributed by atoms with van der Waals surface area (Å²) >= 11 is 0. The van der Waals surface area contributed by atoms with Gasteiger partial charge >= 0.3 is 0 Å². The van der Waals surface area contributed by atoms with Gasteiger partial charge in [0.1, 0.15) is 6.10 Å². The van der Waals surface area contributed by atoms with Crippen molar-refractivity contribution < 1.29 is 4.74 Å². The Kier molecular flexibility index (Phi) is 2.74. The molecule has 2 unspecified atom stereocenters. The van der Waals surface area contributed by atoms with Gasteiger partial charge in [0, 0.05) is 24.4 Å². The summed E-state index contributed by atoms with van der Waals surface area (Å²) in [5.41, 5.74) is 1.02. The van der Waals surface area contributed by atoms with E-state index in [4.69, 9.17) is 10.00 Å². The molecule has 2 heterocycles. The van der Waals surface area contributed by atoms with Crippen molar-refractivity contribution in [1.82, 2.24) is 9.78 Å². The third kappa shape index (κ3) is 1.88. The molecule has 0 aliphatic carbocycles. The second-order valence-electron chi connectivity index (χ2n) is 4.16. The van der Waals surface area contributed by atoms with Gasteiger partial charge in [-0.2, -0.15) is 10.4 Å². The van der Waals surface area contributed by atoms with E-state index < -0.39 is 0 Å². The van der Waals surface area contributed by atoms with E-state index in [1.54, 1.807) is 6.20 Å². The predicted octanol–water partition coefficient (Wildman–Crippen LogP) is 2.07. The van der Waals surface area contributed by atoms with Crippen molar-refractivity contribution in [2.24, 2.45) is 5.92 Å². The van der Waals surface area contributed by atoms with Crippen LogP contribution in [0, 0.1) is 17.2 Å². The summed E-state index contributed by atoms with van der Waals surface area (Å²) in [6.45, 7) is 4.83. The zero-order valence-electron chi connectivity index (χ0n) is 9.05. The molecule has 0 N–H and O–H groups in total. The number of rotatable bonds is 2. The lowest BCUT2D eigenvalue weighted by Crippen LogP contribution is -2.05. The predicted molar refractivity (Wildman–Crippen MR) is 55.0 cm³/mol. The lowest BCUT2D eigenvalue weighted by molar-refractivity contribution is 0.101. The quantitative estimate of drug-likeness (QED) is 0.742. The molecule has 1 aliphatic rings. The molecule has 1 saturated heterocycles. The van der Waals surface area contributed by atoms with Crippen molar-refractivity contribution in [1.29, 1.82) is 5.26 Å². The van der Waals surface area contributed by atoms with Crippen molar-refractivity contribution in [3.8, 4) is 6.07 Å². The monoisotopic (exact) mass is 205 g/mol. The summed E-state index contributed by atoms with van der Waals surface area (Å²) in [5, 5.41) is 13.2. The van der Waals surface area contributed by atoms with Gasteiger partial charge in [0.15, 0.2) is 0 Å². The van der Waals surface area contributed by atoms with Crippen molar-refractivity contribution in [2.45, 2.75) is 32.4 Å². The number of aromatic nitrogens is 2. The fourth-order valence-corrected chi connectivity index (χ4v) is 1.83. The minimum Gasteiger partial charge on any atom is -0.372 e. The molecular formula is C11H15N3O. The third-order valence-electron chi connectivity index (χ3n) is 2.74. The third-order valence-corrected chi connectivity index (χ3v) is 2.74. The maximum absolute atomic E-state index is 8.96. The highest BCUT2D eigenvalue weighted by molar-refractivity contribution is 5.14. The SMILES string of the molecule is CC(C)n1cc(C2OCCC2C#N)cn1. The Labute approximate surface area is 89.5 Å². The van der Waals surface area contributed by atoms with Gasteiger partial charge in [0.25, 0.3) is 0 Å². The highest BCUT2D eigenvalue weighted by atomic mass is 16.5. The Morgan fingerprint density at radius 3 is 3.07 bits per heavy atom. The van der Waals surface area contributed by atoms with Gasteiger partial charge in [-0.05, 0) is 20.3 Å². The zero-order chi connectivity index (χ0) is 10.8. The van der Waals surface area contributed by atoms with Crippen LogP contribution in [0.3, 0.4) is 0 Å². The van der Waals surface area contributed by atoms with Crippen LogP contribution in [0.5, 0.6) is 0 Å². The standard InChI is InChI=1S/C11H15N3O/c1-8(2)14-7-10(6-13-14)11-9(5-12)3-4-15-11/h6-9,11H,3-4H2,1-2H3. The summed E-state index contributed by atoms with van der Waals surface area (Å²) in [5.74, 6) is -0.0187. The van der Waals surface area contributed by atoms with Gasteiger partial charge in [-0.1, -0.05) is 0 Å². The molecule has 2 atom stereocenters. The summed E-state index contributed by atoms with van der Waals surface area (Å²) < 4.78 is 7.45. The first-order valence-corrected chi connectivity index (χ1v) is 5.27. The minimum atomic E-state index is -0.0810. The maximum atomic E-state index is 8.96. The van der Waals surface area contributed by atoms with Gasteiger partial charge in [-0.3, -0.25) is 4.68 Å². The molecule has 0 radical (unpaired) electrons. The smallest absolute Gasteiger partial charge is 0.101 e. The molecule has 0 spiro atoms. The molecule has 0 aromatic carbocycles. The Hall–Kier alpha value is -1.34. The number of hydrogen-bond acceptors (Lipinski definition) is 3. The maximum Gasteiger partial charge on any atom is 0.101 e. The van der Waals surface area contributed by atoms with Crippen LogP contribution in [0.2, 0.25) is 0 Å². The fraction of sp³-hybridized carbons (Fsp3) is 0.636. The minimum absolute atomic E-state index is 0.0187. The molecule has 0 amide bonds. The van der Waals surface area contributed by atoms with E-state index in [1.807, 2.05) is 10.9 Å². The summed E-state index contributed by atoms with van der Waals surface area (Å²) in [4.78, 5) is 0. The molecule has 1 fully saturated rings. The lowest BCUT2D eigenvalue weighted by atomic mass is 9.99. The molecule has 2 rings (SSSR count). The Balaban J connectivity index is 2.19. The van der Waals surface area contributed by atoms with Crippen LogP contribution in [0.1, 0.15) is 38.0 Å². The molecule has 80 valence electrons. The fourth-order valence-electron chi connectivity index (χ4n) is 1.83. The molecule has 4 heteroatoms. The summed E-state index contributed by atoms with van der Waals surface area (Å²) in [6, 6.07) is 2.64. The van der Waals surface area contributed by atoms with E-state index in [1.165, 1.54) is 0 Å². The van der Waals surface area contributed by atoms with E-state index in [0.29, 0.717) is 12.6 Å². The van der Waals surface area contributed by atoms with Crippen molar-refractivity contribution in [3.05, 3.63) is 18.0 Å². The molecule has 0 bridgehead atoms. The normalized spacial score (nSPS) is 25.7. The van der Waals surface area contributed by atoms with Crippen LogP contribution in [-0.4, -0.2) is 16.4 Å². The van der Waals surface area contributed by atoms with Gasteiger partial charge in [-0.25, -0.2) is 0 Å². The van der Waals surface area contributed by atoms with Crippen molar-refractivity contribution >= 4 is 0 Å². The van der Waals surface area contributed by atoms with E-state index in [0.717, 1.165) is 12.0 Å². The molecular weight excluding hydrogens is 190 g/mol. The van der Waals surface area contributed by atoms with Crippen LogP contribution in [-0.2, 0) is 4.74 Å². The number of ether oxygens (including phenoxy) is 1. The Morgan fingerprint density at radius 2 is 2.47 bits per heavy atom. The van der Waals surface area contributed by atoms with Crippen LogP contribution >= 0.6 is 0 Å². The average molecular weight is 205 g/mol. The number of hydrogen-bond donors (Lipinski definition) is 0. The van der Waals surface area contributed by atoms with Crippen LogP contribution in [0.25, 0.3) is 0 Å². The van der Waals surface area contributed by atoms with Gasteiger partial charge in [0.2, 0.25) is 0 Å². The first kappa shape index (κ1) is 10.2. The molecule has 1 aliphatic heterocycles. The average Bonchev–Trinajstić information content (AvgIpc) is 2.85. The second-order valence-corrected chi connectivity index (χ2v) is 4.16. The van der Waals surface area contributed by atoms with Gasteiger partial charge in [-0.15, -0.1) is 0 Å². The summed E-state index contributed by atoms with van der Waals surface area (Å²) in [7, 11) is 0. The van der Waals surface area contributed by atoms with Crippen molar-refractivity contribution in [2.75, 3.05) is 6.61 Å². The molecule has 1 aromatic rings. The van der Waals surface area contributed by atoms with E-state index in [2.05, 4.69) is 25.0 Å². The lowest BCUT2D eigenvalue weighted by Gasteiger charge is -2.10. The van der Waals surface area contributed by atoms with Gasteiger partial charge in [0.05, 0.1) is 18.2 Å². The Morgan fingerprint density at radius 1 is 1.67 bits per heavy atom. The number of nitrogens with zero attached hydrogens (tertiary/aromatic N) is 3. The first-order chi connectivity index (χ1) is 7.22. The molecule has 1 aromatic heterocycles. The summed E-state index contributed by atoms with van der Waals surface area (Å²) in [6.07, 6.45) is 4.53. The van der Waals surface area contributed by atoms with Crippen LogP contribution in [0.4, 0.5) is 0 Å².